The van der Waals surface area contributed by atoms with Gasteiger partial charge in [0.15, 0.2) is 5.69 Å². The molecule has 0 aliphatic heterocycles. The van der Waals surface area contributed by atoms with Gasteiger partial charge in [-0.1, -0.05) is 23.4 Å². The zero-order valence-corrected chi connectivity index (χ0v) is 8.18. The van der Waals surface area contributed by atoms with Crippen molar-refractivity contribution in [2.75, 3.05) is 0 Å². The number of nitrogens with zero attached hydrogens (tertiary/aromatic N) is 2. The number of amides is 1. The third-order valence-corrected chi connectivity index (χ3v) is 1.99. The normalized spacial score (nSPS) is 10.1. The number of nitrogens with one attached hydrogen (secondary N) is 1. The van der Waals surface area contributed by atoms with Crippen LogP contribution < -0.4 is 5.32 Å². The average Bonchev–Trinajstić information content (AvgIpc) is 2.81. The summed E-state index contributed by atoms with van der Waals surface area (Å²) < 4.78 is 17.5. The summed E-state index contributed by atoms with van der Waals surface area (Å²) in [5.74, 6) is -0.814. The van der Waals surface area contributed by atoms with Crippen molar-refractivity contribution in [2.45, 2.75) is 6.54 Å². The maximum Gasteiger partial charge on any atom is 0.275 e. The van der Waals surface area contributed by atoms with Crippen molar-refractivity contribution in [3.8, 4) is 0 Å². The van der Waals surface area contributed by atoms with Gasteiger partial charge in [-0.15, -0.1) is 0 Å². The molecule has 0 bridgehead atoms. The SMILES string of the molecule is O=C(NCc1ccccc1F)c1cnon1. The lowest BCUT2D eigenvalue weighted by molar-refractivity contribution is 0.0940. The molecule has 1 amide bonds. The van der Waals surface area contributed by atoms with E-state index in [0.29, 0.717) is 5.56 Å². The van der Waals surface area contributed by atoms with E-state index in [-0.39, 0.29) is 18.1 Å². The lowest BCUT2D eigenvalue weighted by Gasteiger charge is -2.03. The summed E-state index contributed by atoms with van der Waals surface area (Å²) >= 11 is 0. The maximum atomic E-state index is 13.2. The van der Waals surface area contributed by atoms with Crippen LogP contribution in [0.1, 0.15) is 16.1 Å². The van der Waals surface area contributed by atoms with Crippen LogP contribution in [0, 0.1) is 5.82 Å². The van der Waals surface area contributed by atoms with E-state index in [1.165, 1.54) is 12.3 Å². The molecule has 0 radical (unpaired) electrons. The zero-order valence-electron chi connectivity index (χ0n) is 8.18. The number of rotatable bonds is 3. The van der Waals surface area contributed by atoms with Gasteiger partial charge in [-0.3, -0.25) is 4.79 Å². The summed E-state index contributed by atoms with van der Waals surface area (Å²) in [6.07, 6.45) is 1.19. The highest BCUT2D eigenvalue weighted by Crippen LogP contribution is 2.05. The van der Waals surface area contributed by atoms with Crippen molar-refractivity contribution in [3.05, 3.63) is 47.5 Å². The number of halogens is 1. The molecule has 0 unspecified atom stereocenters. The van der Waals surface area contributed by atoms with Crippen molar-refractivity contribution < 1.29 is 13.8 Å². The molecule has 0 aliphatic rings. The molecule has 0 fully saturated rings. The molecule has 16 heavy (non-hydrogen) atoms. The monoisotopic (exact) mass is 221 g/mol. The van der Waals surface area contributed by atoms with E-state index in [4.69, 9.17) is 0 Å². The molecular weight excluding hydrogens is 213 g/mol. The third-order valence-electron chi connectivity index (χ3n) is 1.99. The van der Waals surface area contributed by atoms with Crippen LogP contribution in [0.15, 0.2) is 35.1 Å². The van der Waals surface area contributed by atoms with Crippen LogP contribution in [-0.2, 0) is 6.54 Å². The Morgan fingerprint density at radius 1 is 1.44 bits per heavy atom. The van der Waals surface area contributed by atoms with Gasteiger partial charge >= 0.3 is 0 Å². The quantitative estimate of drug-likeness (QED) is 0.843. The minimum Gasteiger partial charge on any atom is -0.346 e. The fourth-order valence-electron chi connectivity index (χ4n) is 1.17. The Bertz CT molecular complexity index is 485. The van der Waals surface area contributed by atoms with E-state index in [1.54, 1.807) is 18.2 Å². The Labute approximate surface area is 90.2 Å². The summed E-state index contributed by atoms with van der Waals surface area (Å²) in [4.78, 5) is 11.4. The van der Waals surface area contributed by atoms with Gasteiger partial charge in [0.2, 0.25) is 0 Å². The summed E-state index contributed by atoms with van der Waals surface area (Å²) in [7, 11) is 0. The molecule has 0 saturated heterocycles. The Hall–Kier alpha value is -2.24. The number of carbonyl (C=O) groups excluding carboxylic acids is 1. The molecular formula is C10H8FN3O2. The highest BCUT2D eigenvalue weighted by atomic mass is 19.1. The highest BCUT2D eigenvalue weighted by molar-refractivity contribution is 5.91. The lowest BCUT2D eigenvalue weighted by atomic mass is 10.2. The van der Waals surface area contributed by atoms with Gasteiger partial charge < -0.3 is 5.32 Å². The van der Waals surface area contributed by atoms with Crippen LogP contribution in [0.3, 0.4) is 0 Å². The van der Waals surface area contributed by atoms with Gasteiger partial charge in [-0.2, -0.15) is 0 Å². The Morgan fingerprint density at radius 2 is 2.25 bits per heavy atom. The zero-order chi connectivity index (χ0) is 11.4. The Morgan fingerprint density at radius 3 is 2.94 bits per heavy atom. The highest BCUT2D eigenvalue weighted by Gasteiger charge is 2.10. The molecule has 0 saturated carbocycles. The van der Waals surface area contributed by atoms with E-state index in [0.717, 1.165) is 0 Å². The Balaban J connectivity index is 1.98. The van der Waals surface area contributed by atoms with Gasteiger partial charge in [-0.25, -0.2) is 9.02 Å². The van der Waals surface area contributed by atoms with Gasteiger partial charge in [0.25, 0.3) is 5.91 Å². The van der Waals surface area contributed by atoms with Crippen molar-refractivity contribution >= 4 is 5.91 Å². The first-order chi connectivity index (χ1) is 7.77. The lowest BCUT2D eigenvalue weighted by Crippen LogP contribution is -2.23. The molecule has 1 aromatic heterocycles. The molecule has 1 aromatic carbocycles. The summed E-state index contributed by atoms with van der Waals surface area (Å²) in [6.45, 7) is 0.0956. The molecule has 0 atom stereocenters. The number of hydrogen-bond donors (Lipinski definition) is 1. The Kier molecular flexibility index (Phi) is 2.90. The van der Waals surface area contributed by atoms with Crippen LogP contribution >= 0.6 is 0 Å². The van der Waals surface area contributed by atoms with Gasteiger partial charge in [0.1, 0.15) is 12.0 Å². The maximum absolute atomic E-state index is 13.2. The van der Waals surface area contributed by atoms with Crippen LogP contribution in [0.4, 0.5) is 4.39 Å². The number of carbonyl (C=O) groups is 1. The predicted octanol–water partition coefficient (Wildman–Crippen LogP) is 1.14. The van der Waals surface area contributed by atoms with E-state index in [1.807, 2.05) is 0 Å². The first-order valence-electron chi connectivity index (χ1n) is 4.56. The number of benzene rings is 1. The standard InChI is InChI=1S/C10H8FN3O2/c11-8-4-2-1-3-7(8)5-12-10(15)9-6-13-16-14-9/h1-4,6H,5H2,(H,12,15). The second-order valence-electron chi connectivity index (χ2n) is 3.07. The fraction of sp³-hybridized carbons (Fsp3) is 0.100. The second kappa shape index (κ2) is 4.52. The van der Waals surface area contributed by atoms with Crippen LogP contribution in [0.5, 0.6) is 0 Å². The first-order valence-corrected chi connectivity index (χ1v) is 4.56. The van der Waals surface area contributed by atoms with Crippen LogP contribution in [-0.4, -0.2) is 16.2 Å². The molecule has 1 N–H and O–H groups in total. The van der Waals surface area contributed by atoms with Gasteiger partial charge in [0, 0.05) is 12.1 Å². The van der Waals surface area contributed by atoms with E-state index in [9.17, 15) is 9.18 Å². The van der Waals surface area contributed by atoms with Crippen molar-refractivity contribution in [2.24, 2.45) is 0 Å². The van der Waals surface area contributed by atoms with E-state index in [2.05, 4.69) is 20.3 Å². The summed E-state index contributed by atoms with van der Waals surface area (Å²) in [5.41, 5.74) is 0.476. The summed E-state index contributed by atoms with van der Waals surface area (Å²) in [6, 6.07) is 6.21. The second-order valence-corrected chi connectivity index (χ2v) is 3.07. The minimum atomic E-state index is -0.454. The van der Waals surface area contributed by atoms with E-state index >= 15 is 0 Å². The number of hydrogen-bond acceptors (Lipinski definition) is 4. The van der Waals surface area contributed by atoms with Crippen molar-refractivity contribution in [1.29, 1.82) is 0 Å². The van der Waals surface area contributed by atoms with E-state index < -0.39 is 5.91 Å². The topological polar surface area (TPSA) is 68.0 Å². The minimum absolute atomic E-state index is 0.0661. The van der Waals surface area contributed by atoms with Crippen LogP contribution in [0.25, 0.3) is 0 Å². The molecule has 2 rings (SSSR count). The molecule has 82 valence electrons. The van der Waals surface area contributed by atoms with Crippen LogP contribution in [0.2, 0.25) is 0 Å². The largest absolute Gasteiger partial charge is 0.346 e. The predicted molar refractivity (Wildman–Crippen MR) is 51.9 cm³/mol. The average molecular weight is 221 g/mol. The molecule has 2 aromatic rings. The molecule has 6 heteroatoms. The van der Waals surface area contributed by atoms with Gasteiger partial charge in [-0.05, 0) is 11.2 Å². The van der Waals surface area contributed by atoms with Crippen molar-refractivity contribution in [3.63, 3.8) is 0 Å². The van der Waals surface area contributed by atoms with Gasteiger partial charge in [0.05, 0.1) is 0 Å². The molecule has 0 spiro atoms. The smallest absolute Gasteiger partial charge is 0.275 e. The summed E-state index contributed by atoms with van der Waals surface area (Å²) in [5, 5.41) is 9.15. The molecule has 5 nitrogen and oxygen atoms in total. The third kappa shape index (κ3) is 2.22. The van der Waals surface area contributed by atoms with Crippen molar-refractivity contribution in [1.82, 2.24) is 15.6 Å². The first kappa shape index (κ1) is 10.3. The molecule has 1 heterocycles. The number of aromatic nitrogens is 2. The fourth-order valence-corrected chi connectivity index (χ4v) is 1.17. The molecule has 0 aliphatic carbocycles.